The lowest BCUT2D eigenvalue weighted by Crippen LogP contribution is -2.40. The molecule has 0 bridgehead atoms. The van der Waals surface area contributed by atoms with Crippen LogP contribution in [0.2, 0.25) is 0 Å². The van der Waals surface area contributed by atoms with Crippen LogP contribution >= 0.6 is 28.3 Å². The fourth-order valence-corrected chi connectivity index (χ4v) is 1.81. The van der Waals surface area contributed by atoms with Gasteiger partial charge in [0.1, 0.15) is 0 Å². The number of halogens is 3. The molecule has 114 valence electrons. The maximum atomic E-state index is 13.4. The van der Waals surface area contributed by atoms with Crippen molar-refractivity contribution in [1.82, 2.24) is 10.6 Å². The van der Waals surface area contributed by atoms with Crippen molar-refractivity contribution in [2.45, 2.75) is 19.9 Å². The van der Waals surface area contributed by atoms with Crippen LogP contribution in [0.1, 0.15) is 13.8 Å². The number of ether oxygens (including phenoxy) is 1. The maximum Gasteiger partial charge on any atom is 0.257 e. The van der Waals surface area contributed by atoms with Crippen molar-refractivity contribution in [3.63, 3.8) is 0 Å². The Morgan fingerprint density at radius 1 is 1.50 bits per heavy atom. The van der Waals surface area contributed by atoms with Gasteiger partial charge in [-0.1, -0.05) is 22.9 Å². The fourth-order valence-electron chi connectivity index (χ4n) is 1.47. The molecule has 0 aromatic heterocycles. The summed E-state index contributed by atoms with van der Waals surface area (Å²) in [5.41, 5.74) is 0. The first-order valence-corrected chi connectivity index (χ1v) is 6.90. The van der Waals surface area contributed by atoms with Gasteiger partial charge >= 0.3 is 0 Å². The van der Waals surface area contributed by atoms with Gasteiger partial charge in [0.2, 0.25) is 0 Å². The molecule has 0 fully saturated rings. The van der Waals surface area contributed by atoms with E-state index < -0.39 is 5.82 Å². The second-order valence-electron chi connectivity index (χ2n) is 4.13. The SMILES string of the molecule is CCN[C@H](C)CNC(=O)COc1ccc(Br)cc1F.Cl. The van der Waals surface area contributed by atoms with Crippen molar-refractivity contribution in [3.8, 4) is 5.75 Å². The maximum absolute atomic E-state index is 13.4. The van der Waals surface area contributed by atoms with Gasteiger partial charge in [0, 0.05) is 17.1 Å². The highest BCUT2D eigenvalue weighted by molar-refractivity contribution is 9.10. The number of hydrogen-bond donors (Lipinski definition) is 2. The minimum absolute atomic E-state index is 0. The Morgan fingerprint density at radius 2 is 2.20 bits per heavy atom. The summed E-state index contributed by atoms with van der Waals surface area (Å²) >= 11 is 3.15. The highest BCUT2D eigenvalue weighted by Crippen LogP contribution is 2.21. The predicted molar refractivity (Wildman–Crippen MR) is 83.0 cm³/mol. The van der Waals surface area contributed by atoms with Crippen LogP contribution in [0.4, 0.5) is 4.39 Å². The van der Waals surface area contributed by atoms with E-state index in [1.54, 1.807) is 6.07 Å². The van der Waals surface area contributed by atoms with Crippen LogP contribution in [0.5, 0.6) is 5.75 Å². The molecular formula is C13H19BrClFN2O2. The van der Waals surface area contributed by atoms with Gasteiger partial charge in [0.15, 0.2) is 18.2 Å². The van der Waals surface area contributed by atoms with E-state index in [4.69, 9.17) is 4.74 Å². The van der Waals surface area contributed by atoms with Crippen LogP contribution in [-0.4, -0.2) is 31.6 Å². The third kappa shape index (κ3) is 7.07. The van der Waals surface area contributed by atoms with E-state index in [1.807, 2.05) is 13.8 Å². The van der Waals surface area contributed by atoms with E-state index in [1.165, 1.54) is 12.1 Å². The molecule has 0 heterocycles. The first-order chi connectivity index (χ1) is 9.02. The van der Waals surface area contributed by atoms with E-state index in [9.17, 15) is 9.18 Å². The highest BCUT2D eigenvalue weighted by Gasteiger charge is 2.08. The first-order valence-electron chi connectivity index (χ1n) is 6.10. The molecule has 20 heavy (non-hydrogen) atoms. The van der Waals surface area contributed by atoms with Gasteiger partial charge in [-0.05, 0) is 31.7 Å². The zero-order valence-corrected chi connectivity index (χ0v) is 13.8. The van der Waals surface area contributed by atoms with Gasteiger partial charge in [-0.2, -0.15) is 0 Å². The molecule has 7 heteroatoms. The van der Waals surface area contributed by atoms with Gasteiger partial charge in [-0.25, -0.2) is 4.39 Å². The molecule has 0 unspecified atom stereocenters. The molecule has 4 nitrogen and oxygen atoms in total. The summed E-state index contributed by atoms with van der Waals surface area (Å²) in [7, 11) is 0. The van der Waals surface area contributed by atoms with Crippen molar-refractivity contribution in [3.05, 3.63) is 28.5 Å². The summed E-state index contributed by atoms with van der Waals surface area (Å²) in [4.78, 5) is 11.5. The molecule has 1 rings (SSSR count). The summed E-state index contributed by atoms with van der Waals surface area (Å²) in [5, 5.41) is 5.88. The predicted octanol–water partition coefficient (Wildman–Crippen LogP) is 2.50. The molecule has 0 radical (unpaired) electrons. The second-order valence-corrected chi connectivity index (χ2v) is 5.04. The number of benzene rings is 1. The van der Waals surface area contributed by atoms with Crippen LogP contribution < -0.4 is 15.4 Å². The molecule has 2 N–H and O–H groups in total. The van der Waals surface area contributed by atoms with Crippen molar-refractivity contribution >= 4 is 34.2 Å². The topological polar surface area (TPSA) is 50.4 Å². The van der Waals surface area contributed by atoms with Gasteiger partial charge in [0.05, 0.1) is 0 Å². The average Bonchev–Trinajstić information content (AvgIpc) is 2.35. The summed E-state index contributed by atoms with van der Waals surface area (Å²) in [6.45, 7) is 5.13. The Bertz CT molecular complexity index is 435. The van der Waals surface area contributed by atoms with Crippen LogP contribution in [0, 0.1) is 5.82 Å². The fraction of sp³-hybridized carbons (Fsp3) is 0.462. The quantitative estimate of drug-likeness (QED) is 0.776. The van der Waals surface area contributed by atoms with Crippen molar-refractivity contribution in [2.24, 2.45) is 0 Å². The number of nitrogens with one attached hydrogen (secondary N) is 2. The van der Waals surface area contributed by atoms with Crippen LogP contribution in [0.3, 0.4) is 0 Å². The zero-order chi connectivity index (χ0) is 14.3. The Labute approximate surface area is 133 Å². The highest BCUT2D eigenvalue weighted by atomic mass is 79.9. The lowest BCUT2D eigenvalue weighted by Gasteiger charge is -2.13. The molecular weight excluding hydrogens is 351 g/mol. The number of rotatable bonds is 7. The smallest absolute Gasteiger partial charge is 0.257 e. The minimum atomic E-state index is -0.497. The standard InChI is InChI=1S/C13H18BrFN2O2.ClH/c1-3-16-9(2)7-17-13(18)8-19-12-5-4-10(14)6-11(12)15;/h4-6,9,16H,3,7-8H2,1-2H3,(H,17,18);1H/t9-;/m1./s1. The van der Waals surface area contributed by atoms with Crippen molar-refractivity contribution in [2.75, 3.05) is 19.7 Å². The third-order valence-corrected chi connectivity index (χ3v) is 2.90. The van der Waals surface area contributed by atoms with Crippen LogP contribution in [0.15, 0.2) is 22.7 Å². The molecule has 1 atom stereocenters. The molecule has 0 saturated heterocycles. The number of likely N-dealkylation sites (N-methyl/N-ethyl adjacent to an activating group) is 1. The Hall–Kier alpha value is -0.850. The molecule has 1 amide bonds. The second kappa shape index (κ2) is 9.96. The Kier molecular flexibility index (Phi) is 9.54. The lowest BCUT2D eigenvalue weighted by molar-refractivity contribution is -0.123. The van der Waals surface area contributed by atoms with E-state index in [-0.39, 0.29) is 36.7 Å². The van der Waals surface area contributed by atoms with Crippen molar-refractivity contribution in [1.29, 1.82) is 0 Å². The van der Waals surface area contributed by atoms with E-state index >= 15 is 0 Å². The molecule has 1 aromatic rings. The summed E-state index contributed by atoms with van der Waals surface area (Å²) < 4.78 is 19.2. The number of carbonyl (C=O) groups is 1. The summed E-state index contributed by atoms with van der Waals surface area (Å²) in [6.07, 6.45) is 0. The Morgan fingerprint density at radius 3 is 2.80 bits per heavy atom. The number of carbonyl (C=O) groups excluding carboxylic acids is 1. The lowest BCUT2D eigenvalue weighted by atomic mass is 10.3. The van der Waals surface area contributed by atoms with Gasteiger partial charge in [-0.3, -0.25) is 4.79 Å². The van der Waals surface area contributed by atoms with E-state index in [2.05, 4.69) is 26.6 Å². The summed E-state index contributed by atoms with van der Waals surface area (Å²) in [5.74, 6) is -0.701. The van der Waals surface area contributed by atoms with Gasteiger partial charge in [-0.15, -0.1) is 12.4 Å². The zero-order valence-electron chi connectivity index (χ0n) is 11.4. The third-order valence-electron chi connectivity index (χ3n) is 2.41. The largest absolute Gasteiger partial charge is 0.481 e. The molecule has 0 spiro atoms. The minimum Gasteiger partial charge on any atom is -0.481 e. The van der Waals surface area contributed by atoms with E-state index in [0.29, 0.717) is 11.0 Å². The first kappa shape index (κ1) is 19.1. The Balaban J connectivity index is 0.00000361. The summed E-state index contributed by atoms with van der Waals surface area (Å²) in [6, 6.07) is 4.62. The van der Waals surface area contributed by atoms with Crippen LogP contribution in [-0.2, 0) is 4.79 Å². The van der Waals surface area contributed by atoms with Gasteiger partial charge in [0.25, 0.3) is 5.91 Å². The monoisotopic (exact) mass is 368 g/mol. The van der Waals surface area contributed by atoms with Crippen molar-refractivity contribution < 1.29 is 13.9 Å². The normalized spacial score (nSPS) is 11.4. The molecule has 1 aromatic carbocycles. The molecule has 0 aliphatic carbocycles. The number of hydrogen-bond acceptors (Lipinski definition) is 3. The van der Waals surface area contributed by atoms with Gasteiger partial charge < -0.3 is 15.4 Å². The average molecular weight is 370 g/mol. The molecule has 0 saturated carbocycles. The van der Waals surface area contributed by atoms with E-state index in [0.717, 1.165) is 6.54 Å². The molecule has 0 aliphatic rings. The molecule has 0 aliphatic heterocycles. The van der Waals surface area contributed by atoms with Crippen LogP contribution in [0.25, 0.3) is 0 Å². The number of amides is 1.